The minimum Gasteiger partial charge on any atom is -0.268 e. The Morgan fingerprint density at radius 2 is 1.74 bits per heavy atom. The topological polar surface area (TPSA) is 78.2 Å². The van der Waals surface area contributed by atoms with Gasteiger partial charge < -0.3 is 0 Å². The van der Waals surface area contributed by atoms with Crippen molar-refractivity contribution in [2.45, 2.75) is 5.51 Å². The van der Waals surface area contributed by atoms with E-state index < -0.39 is 21.4 Å². The van der Waals surface area contributed by atoms with Crippen LogP contribution >= 0.6 is 0 Å². The van der Waals surface area contributed by atoms with Crippen molar-refractivity contribution in [3.05, 3.63) is 35.4 Å². The van der Waals surface area contributed by atoms with Crippen molar-refractivity contribution in [2.24, 2.45) is 0 Å². The van der Waals surface area contributed by atoms with E-state index in [0.717, 1.165) is 12.1 Å². The van der Waals surface area contributed by atoms with Gasteiger partial charge in [0.25, 0.3) is 5.91 Å². The average Bonchev–Trinajstić information content (AvgIpc) is 2.35. The number of carbonyl (C=O) groups is 1. The second-order valence-corrected chi connectivity index (χ2v) is 5.37. The highest BCUT2D eigenvalue weighted by atomic mass is 32.2. The molecule has 1 amide bonds. The largest absolute Gasteiger partial charge is 0.516 e. The molecule has 5 nitrogen and oxygen atoms in total. The Morgan fingerprint density at radius 3 is 2.11 bits per heavy atom. The van der Waals surface area contributed by atoms with Crippen molar-refractivity contribution in [3.8, 4) is 6.07 Å². The van der Waals surface area contributed by atoms with Gasteiger partial charge in [-0.2, -0.15) is 26.9 Å². The summed E-state index contributed by atoms with van der Waals surface area (Å²) in [6, 6.07) is 6.29. The molecule has 0 heterocycles. The van der Waals surface area contributed by atoms with Crippen LogP contribution in [0.1, 0.15) is 15.9 Å². The van der Waals surface area contributed by atoms with Gasteiger partial charge in [-0.1, -0.05) is 0 Å². The van der Waals surface area contributed by atoms with E-state index in [1.165, 1.54) is 12.1 Å². The number of nitriles is 1. The first-order valence-electron chi connectivity index (χ1n) is 4.71. The van der Waals surface area contributed by atoms with E-state index in [-0.39, 0.29) is 15.4 Å². The van der Waals surface area contributed by atoms with Crippen molar-refractivity contribution >= 4 is 15.9 Å². The van der Waals surface area contributed by atoms with Gasteiger partial charge in [-0.05, 0) is 24.3 Å². The molecule has 0 atom stereocenters. The third-order valence-electron chi connectivity index (χ3n) is 2.20. The molecule has 1 rings (SSSR count). The summed E-state index contributed by atoms with van der Waals surface area (Å²) in [6.45, 7) is 0. The normalized spacial score (nSPS) is 11.7. The number of hydrogen-bond donors (Lipinski definition) is 0. The zero-order valence-electron chi connectivity index (χ0n) is 9.47. The summed E-state index contributed by atoms with van der Waals surface area (Å²) in [6.07, 6.45) is 0. The van der Waals surface area contributed by atoms with Gasteiger partial charge >= 0.3 is 15.5 Å². The fourth-order valence-corrected chi connectivity index (χ4v) is 1.77. The Bertz CT molecular complexity index is 629. The molecule has 102 valence electrons. The fourth-order valence-electron chi connectivity index (χ4n) is 1.13. The quantitative estimate of drug-likeness (QED) is 0.827. The third kappa shape index (κ3) is 2.85. The Balaban J connectivity index is 3.11. The van der Waals surface area contributed by atoms with Gasteiger partial charge in [-0.3, -0.25) is 4.79 Å². The second-order valence-electron chi connectivity index (χ2n) is 3.41. The summed E-state index contributed by atoms with van der Waals surface area (Å²) >= 11 is 0. The lowest BCUT2D eigenvalue weighted by atomic mass is 10.1. The molecule has 1 aromatic carbocycles. The molecule has 9 heteroatoms. The molecule has 0 saturated carbocycles. The van der Waals surface area contributed by atoms with Crippen molar-refractivity contribution in [3.63, 3.8) is 0 Å². The number of carbonyl (C=O) groups excluding carboxylic acids is 1. The van der Waals surface area contributed by atoms with Crippen LogP contribution in [0, 0.1) is 11.3 Å². The molecule has 0 fully saturated rings. The second kappa shape index (κ2) is 4.89. The van der Waals surface area contributed by atoms with Crippen molar-refractivity contribution < 1.29 is 26.4 Å². The molecule has 0 bridgehead atoms. The standard InChI is InChI=1S/C10H7F3N2O3S/c1-15(19(17,18)10(11,12)13)9(16)8-4-2-7(6-14)3-5-8/h2-5H,1H3. The predicted molar refractivity (Wildman–Crippen MR) is 58.2 cm³/mol. The first kappa shape index (κ1) is 15.0. The average molecular weight is 292 g/mol. The lowest BCUT2D eigenvalue weighted by molar-refractivity contribution is -0.0477. The molecular formula is C10H7F3N2O3S. The van der Waals surface area contributed by atoms with Gasteiger partial charge in [-0.15, -0.1) is 0 Å². The van der Waals surface area contributed by atoms with Crippen LogP contribution in [-0.4, -0.2) is 31.2 Å². The van der Waals surface area contributed by atoms with Gasteiger partial charge in [0.1, 0.15) is 0 Å². The van der Waals surface area contributed by atoms with Crippen LogP contribution in [0.5, 0.6) is 0 Å². The zero-order chi connectivity index (χ0) is 14.8. The van der Waals surface area contributed by atoms with Crippen LogP contribution in [0.4, 0.5) is 13.2 Å². The van der Waals surface area contributed by atoms with Crippen molar-refractivity contribution in [1.29, 1.82) is 5.26 Å². The summed E-state index contributed by atoms with van der Waals surface area (Å²) < 4.78 is 58.4. The lowest BCUT2D eigenvalue weighted by Crippen LogP contribution is -2.41. The van der Waals surface area contributed by atoms with E-state index in [0.29, 0.717) is 7.05 Å². The number of amides is 1. The molecule has 0 saturated heterocycles. The highest BCUT2D eigenvalue weighted by Gasteiger charge is 2.50. The lowest BCUT2D eigenvalue weighted by Gasteiger charge is -2.18. The summed E-state index contributed by atoms with van der Waals surface area (Å²) in [5, 5.41) is 8.52. The number of sulfonamides is 1. The maximum atomic E-state index is 12.3. The molecule has 0 aromatic heterocycles. The van der Waals surface area contributed by atoms with E-state index in [2.05, 4.69) is 0 Å². The van der Waals surface area contributed by atoms with E-state index in [1.54, 1.807) is 6.07 Å². The molecule has 1 aromatic rings. The maximum Gasteiger partial charge on any atom is 0.516 e. The fraction of sp³-hybridized carbons (Fsp3) is 0.200. The molecule has 0 radical (unpaired) electrons. The molecule has 0 aliphatic rings. The molecule has 0 aliphatic carbocycles. The summed E-state index contributed by atoms with van der Waals surface area (Å²) in [4.78, 5) is 11.6. The van der Waals surface area contributed by atoms with E-state index >= 15 is 0 Å². The molecule has 19 heavy (non-hydrogen) atoms. The number of hydrogen-bond acceptors (Lipinski definition) is 4. The summed E-state index contributed by atoms with van der Waals surface area (Å²) in [5.74, 6) is -1.33. The van der Waals surface area contributed by atoms with Gasteiger partial charge in [-0.25, -0.2) is 4.31 Å². The van der Waals surface area contributed by atoms with Gasteiger partial charge in [0.2, 0.25) is 0 Å². The van der Waals surface area contributed by atoms with E-state index in [9.17, 15) is 26.4 Å². The highest BCUT2D eigenvalue weighted by molar-refractivity contribution is 7.90. The molecular weight excluding hydrogens is 285 g/mol. The van der Waals surface area contributed by atoms with Crippen LogP contribution in [0.15, 0.2) is 24.3 Å². The third-order valence-corrected chi connectivity index (χ3v) is 3.67. The Morgan fingerprint density at radius 1 is 1.26 bits per heavy atom. The minimum atomic E-state index is -5.72. The minimum absolute atomic E-state index is 0.192. The van der Waals surface area contributed by atoms with Gasteiger partial charge in [0.15, 0.2) is 0 Å². The van der Waals surface area contributed by atoms with Gasteiger partial charge in [0, 0.05) is 12.6 Å². The van der Waals surface area contributed by atoms with Crippen LogP contribution in [-0.2, 0) is 10.0 Å². The van der Waals surface area contributed by atoms with Crippen LogP contribution < -0.4 is 0 Å². The number of rotatable bonds is 2. The van der Waals surface area contributed by atoms with Gasteiger partial charge in [0.05, 0.1) is 11.6 Å². The number of nitrogens with zero attached hydrogens (tertiary/aromatic N) is 2. The molecule has 0 unspecified atom stereocenters. The number of benzene rings is 1. The summed E-state index contributed by atoms with van der Waals surface area (Å²) in [5.41, 5.74) is -5.63. The molecule has 0 spiro atoms. The number of halogens is 3. The zero-order valence-corrected chi connectivity index (χ0v) is 10.3. The predicted octanol–water partition coefficient (Wildman–Crippen LogP) is 1.48. The first-order chi connectivity index (χ1) is 8.61. The first-order valence-corrected chi connectivity index (χ1v) is 6.15. The maximum absolute atomic E-state index is 12.3. The van der Waals surface area contributed by atoms with E-state index in [4.69, 9.17) is 5.26 Å². The Kier molecular flexibility index (Phi) is 3.86. The SMILES string of the molecule is CN(C(=O)c1ccc(C#N)cc1)S(=O)(=O)C(F)(F)F. The molecule has 0 aliphatic heterocycles. The van der Waals surface area contributed by atoms with E-state index in [1.807, 2.05) is 0 Å². The summed E-state index contributed by atoms with van der Waals surface area (Å²) in [7, 11) is -5.20. The van der Waals surface area contributed by atoms with Crippen LogP contribution in [0.3, 0.4) is 0 Å². The van der Waals surface area contributed by atoms with Crippen molar-refractivity contribution in [2.75, 3.05) is 7.05 Å². The molecule has 0 N–H and O–H groups in total. The highest BCUT2D eigenvalue weighted by Crippen LogP contribution is 2.26. The van der Waals surface area contributed by atoms with Crippen LogP contribution in [0.2, 0.25) is 0 Å². The Labute approximate surface area is 106 Å². The monoisotopic (exact) mass is 292 g/mol. The smallest absolute Gasteiger partial charge is 0.268 e. The van der Waals surface area contributed by atoms with Crippen LogP contribution in [0.25, 0.3) is 0 Å². The number of alkyl halides is 3. The Hall–Kier alpha value is -2.08. The van der Waals surface area contributed by atoms with Crippen molar-refractivity contribution in [1.82, 2.24) is 4.31 Å².